The molecule has 0 aromatic heterocycles. The molecule has 0 N–H and O–H groups in total. The quantitative estimate of drug-likeness (QED) is 0.810. The van der Waals surface area contributed by atoms with Gasteiger partial charge in [0.25, 0.3) is 5.91 Å². The number of carbonyl (C=O) groups is 1. The van der Waals surface area contributed by atoms with Crippen molar-refractivity contribution in [1.29, 1.82) is 5.26 Å². The van der Waals surface area contributed by atoms with Gasteiger partial charge in [0.15, 0.2) is 0 Å². The van der Waals surface area contributed by atoms with Crippen LogP contribution in [-0.2, 0) is 0 Å². The van der Waals surface area contributed by atoms with Gasteiger partial charge in [0.1, 0.15) is 0 Å². The van der Waals surface area contributed by atoms with Gasteiger partial charge in [0.05, 0.1) is 22.6 Å². The molecule has 0 fully saturated rings. The topological polar surface area (TPSA) is 44.1 Å². The van der Waals surface area contributed by atoms with Gasteiger partial charge < -0.3 is 4.90 Å². The molecule has 0 saturated heterocycles. The second-order valence-corrected chi connectivity index (χ2v) is 4.10. The fourth-order valence-electron chi connectivity index (χ4n) is 1.37. The molecule has 0 saturated carbocycles. The zero-order valence-corrected chi connectivity index (χ0v) is 10.0. The Bertz CT molecular complexity index is 425. The monoisotopic (exact) mass is 236 g/mol. The third kappa shape index (κ3) is 2.98. The van der Waals surface area contributed by atoms with Gasteiger partial charge in [0.2, 0.25) is 0 Å². The number of nitrogens with zero attached hydrogens (tertiary/aromatic N) is 2. The van der Waals surface area contributed by atoms with E-state index in [-0.39, 0.29) is 11.8 Å². The van der Waals surface area contributed by atoms with Crippen molar-refractivity contribution < 1.29 is 4.79 Å². The van der Waals surface area contributed by atoms with E-state index in [0.29, 0.717) is 17.1 Å². The van der Waals surface area contributed by atoms with Crippen LogP contribution in [0.2, 0.25) is 5.02 Å². The fourth-order valence-corrected chi connectivity index (χ4v) is 1.59. The molecule has 0 aliphatic heterocycles. The molecular weight excluding hydrogens is 224 g/mol. The van der Waals surface area contributed by atoms with Gasteiger partial charge in [-0.3, -0.25) is 4.79 Å². The smallest absolute Gasteiger partial charge is 0.255 e. The molecule has 0 spiro atoms. The number of amides is 1. The molecular formula is C12H13ClN2O. The Morgan fingerprint density at radius 2 is 2.19 bits per heavy atom. The Hall–Kier alpha value is -1.53. The van der Waals surface area contributed by atoms with Gasteiger partial charge in [-0.05, 0) is 19.1 Å². The molecule has 1 aromatic rings. The molecule has 1 aromatic carbocycles. The lowest BCUT2D eigenvalue weighted by molar-refractivity contribution is 0.0785. The SMILES string of the molecule is CC(C#N)CN(C)C(=O)c1ccccc1Cl. The fraction of sp³-hybridized carbons (Fsp3) is 0.333. The standard InChI is InChI=1S/C12H13ClN2O/c1-9(7-14)8-15(2)12(16)10-5-3-4-6-11(10)13/h3-6,9H,8H2,1-2H3. The minimum atomic E-state index is -0.184. The first-order valence-corrected chi connectivity index (χ1v) is 5.33. The summed E-state index contributed by atoms with van der Waals surface area (Å²) in [6.07, 6.45) is 0. The molecule has 3 nitrogen and oxygen atoms in total. The van der Waals surface area contributed by atoms with Gasteiger partial charge in [0, 0.05) is 13.6 Å². The van der Waals surface area contributed by atoms with E-state index in [2.05, 4.69) is 6.07 Å². The molecule has 1 unspecified atom stereocenters. The predicted molar refractivity (Wildman–Crippen MR) is 63.2 cm³/mol. The van der Waals surface area contributed by atoms with E-state index in [1.165, 1.54) is 4.90 Å². The number of hydrogen-bond acceptors (Lipinski definition) is 2. The van der Waals surface area contributed by atoms with Crippen LogP contribution < -0.4 is 0 Å². The van der Waals surface area contributed by atoms with E-state index in [1.54, 1.807) is 38.2 Å². The van der Waals surface area contributed by atoms with E-state index < -0.39 is 0 Å². The van der Waals surface area contributed by atoms with Crippen molar-refractivity contribution >= 4 is 17.5 Å². The summed E-state index contributed by atoms with van der Waals surface area (Å²) in [4.78, 5) is 13.5. The predicted octanol–water partition coefficient (Wildman–Crippen LogP) is 2.57. The summed E-state index contributed by atoms with van der Waals surface area (Å²) in [7, 11) is 1.67. The zero-order valence-electron chi connectivity index (χ0n) is 9.27. The maximum Gasteiger partial charge on any atom is 0.255 e. The van der Waals surface area contributed by atoms with Crippen molar-refractivity contribution in [3.8, 4) is 6.07 Å². The van der Waals surface area contributed by atoms with E-state index in [0.717, 1.165) is 0 Å². The van der Waals surface area contributed by atoms with E-state index >= 15 is 0 Å². The Kier molecular flexibility index (Phi) is 4.33. The highest BCUT2D eigenvalue weighted by Crippen LogP contribution is 2.16. The average Bonchev–Trinajstić information content (AvgIpc) is 2.28. The summed E-state index contributed by atoms with van der Waals surface area (Å²) in [5, 5.41) is 9.11. The number of hydrogen-bond donors (Lipinski definition) is 0. The van der Waals surface area contributed by atoms with Crippen LogP contribution in [0, 0.1) is 17.2 Å². The summed E-state index contributed by atoms with van der Waals surface area (Å²) >= 11 is 5.92. The number of nitriles is 1. The maximum atomic E-state index is 11.9. The van der Waals surface area contributed by atoms with Crippen molar-refractivity contribution in [2.24, 2.45) is 5.92 Å². The lowest BCUT2D eigenvalue weighted by Crippen LogP contribution is -2.30. The van der Waals surface area contributed by atoms with Crippen molar-refractivity contribution in [3.05, 3.63) is 34.9 Å². The third-order valence-corrected chi connectivity index (χ3v) is 2.55. The first-order chi connectivity index (χ1) is 7.56. The van der Waals surface area contributed by atoms with Crippen LogP contribution in [0.1, 0.15) is 17.3 Å². The van der Waals surface area contributed by atoms with Crippen molar-refractivity contribution in [1.82, 2.24) is 4.90 Å². The molecule has 1 amide bonds. The Morgan fingerprint density at radius 3 is 2.75 bits per heavy atom. The molecule has 4 heteroatoms. The first kappa shape index (κ1) is 12.5. The summed E-state index contributed by atoms with van der Waals surface area (Å²) < 4.78 is 0. The van der Waals surface area contributed by atoms with Gasteiger partial charge in [-0.15, -0.1) is 0 Å². The highest BCUT2D eigenvalue weighted by molar-refractivity contribution is 6.33. The zero-order chi connectivity index (χ0) is 12.1. The molecule has 0 heterocycles. The van der Waals surface area contributed by atoms with E-state index in [4.69, 9.17) is 16.9 Å². The summed E-state index contributed by atoms with van der Waals surface area (Å²) in [6, 6.07) is 8.98. The van der Waals surface area contributed by atoms with Crippen LogP contribution in [0.25, 0.3) is 0 Å². The third-order valence-electron chi connectivity index (χ3n) is 2.22. The lowest BCUT2D eigenvalue weighted by atomic mass is 10.1. The Balaban J connectivity index is 2.80. The number of rotatable bonds is 3. The van der Waals surface area contributed by atoms with E-state index in [9.17, 15) is 4.79 Å². The highest BCUT2D eigenvalue weighted by atomic mass is 35.5. The average molecular weight is 237 g/mol. The summed E-state index contributed by atoms with van der Waals surface area (Å²) in [5.41, 5.74) is 0.469. The number of carbonyl (C=O) groups excluding carboxylic acids is 1. The molecule has 1 rings (SSSR count). The number of benzene rings is 1. The Morgan fingerprint density at radius 1 is 1.56 bits per heavy atom. The van der Waals surface area contributed by atoms with Crippen LogP contribution in [0.4, 0.5) is 0 Å². The minimum Gasteiger partial charge on any atom is -0.340 e. The van der Waals surface area contributed by atoms with Crippen molar-refractivity contribution in [2.75, 3.05) is 13.6 Å². The number of halogens is 1. The highest BCUT2D eigenvalue weighted by Gasteiger charge is 2.16. The molecule has 0 bridgehead atoms. The Labute approximate surface area is 100 Å². The van der Waals surface area contributed by atoms with E-state index in [1.807, 2.05) is 0 Å². The summed E-state index contributed by atoms with van der Waals surface area (Å²) in [6.45, 7) is 2.18. The second kappa shape index (κ2) is 5.53. The largest absolute Gasteiger partial charge is 0.340 e. The molecule has 1 atom stereocenters. The van der Waals surface area contributed by atoms with Gasteiger partial charge >= 0.3 is 0 Å². The second-order valence-electron chi connectivity index (χ2n) is 3.70. The molecule has 16 heavy (non-hydrogen) atoms. The van der Waals surface area contributed by atoms with Crippen LogP contribution in [0.3, 0.4) is 0 Å². The van der Waals surface area contributed by atoms with Crippen LogP contribution >= 0.6 is 11.6 Å². The molecule has 84 valence electrons. The van der Waals surface area contributed by atoms with Gasteiger partial charge in [-0.25, -0.2) is 0 Å². The van der Waals surface area contributed by atoms with Crippen LogP contribution in [-0.4, -0.2) is 24.4 Å². The normalized spacial score (nSPS) is 11.6. The van der Waals surface area contributed by atoms with Crippen LogP contribution in [0.15, 0.2) is 24.3 Å². The molecule has 0 radical (unpaired) electrons. The minimum absolute atomic E-state index is 0.160. The van der Waals surface area contributed by atoms with Gasteiger partial charge in [-0.2, -0.15) is 5.26 Å². The molecule has 0 aliphatic carbocycles. The van der Waals surface area contributed by atoms with Crippen molar-refractivity contribution in [2.45, 2.75) is 6.92 Å². The molecule has 0 aliphatic rings. The van der Waals surface area contributed by atoms with Crippen molar-refractivity contribution in [3.63, 3.8) is 0 Å². The van der Waals surface area contributed by atoms with Crippen LogP contribution in [0.5, 0.6) is 0 Å². The lowest BCUT2D eigenvalue weighted by Gasteiger charge is -2.18. The summed E-state index contributed by atoms with van der Waals surface area (Å²) in [5.74, 6) is -0.343. The van der Waals surface area contributed by atoms with Gasteiger partial charge in [-0.1, -0.05) is 23.7 Å². The first-order valence-electron chi connectivity index (χ1n) is 4.96. The maximum absolute atomic E-state index is 11.9.